The number of hydrogen-bond acceptors (Lipinski definition) is 3. The Bertz CT molecular complexity index is 482. The molecule has 0 fully saturated rings. The van der Waals surface area contributed by atoms with Gasteiger partial charge in [0.15, 0.2) is 0 Å². The summed E-state index contributed by atoms with van der Waals surface area (Å²) >= 11 is 0. The zero-order valence-electron chi connectivity index (χ0n) is 10.2. The number of aromatic nitrogens is 1. The third-order valence-electron chi connectivity index (χ3n) is 2.47. The van der Waals surface area contributed by atoms with Gasteiger partial charge in [-0.2, -0.15) is 0 Å². The molecule has 0 aliphatic heterocycles. The van der Waals surface area contributed by atoms with Gasteiger partial charge >= 0.3 is 6.03 Å². The van der Waals surface area contributed by atoms with Crippen LogP contribution in [0.4, 0.5) is 4.79 Å². The molecule has 0 aromatic carbocycles. The summed E-state index contributed by atoms with van der Waals surface area (Å²) in [5.74, 6) is 0.755. The van der Waals surface area contributed by atoms with Crippen LogP contribution in [-0.2, 0) is 13.1 Å². The van der Waals surface area contributed by atoms with E-state index in [0.29, 0.717) is 13.1 Å². The van der Waals surface area contributed by atoms with Crippen molar-refractivity contribution in [2.75, 3.05) is 7.05 Å². The molecule has 0 aliphatic carbocycles. The van der Waals surface area contributed by atoms with Crippen LogP contribution in [0.1, 0.15) is 11.5 Å². The minimum Gasteiger partial charge on any atom is -0.467 e. The number of pyridine rings is 1. The number of nitrogens with zero attached hydrogens (tertiary/aromatic N) is 2. The number of carbonyl (C=O) groups is 1. The van der Waals surface area contributed by atoms with E-state index >= 15 is 0 Å². The van der Waals surface area contributed by atoms with Crippen LogP contribution in [-0.4, -0.2) is 23.0 Å². The van der Waals surface area contributed by atoms with Gasteiger partial charge < -0.3 is 14.6 Å². The molecule has 5 heteroatoms. The van der Waals surface area contributed by atoms with Crippen LogP contribution >= 0.6 is 0 Å². The van der Waals surface area contributed by atoms with Crippen molar-refractivity contribution >= 4 is 6.03 Å². The van der Waals surface area contributed by atoms with E-state index in [0.717, 1.165) is 11.5 Å². The maximum absolute atomic E-state index is 11.8. The summed E-state index contributed by atoms with van der Waals surface area (Å²) in [5.41, 5.74) is 0.831. The van der Waals surface area contributed by atoms with E-state index < -0.39 is 0 Å². The second kappa shape index (κ2) is 5.86. The molecule has 2 aromatic heterocycles. The Kier molecular flexibility index (Phi) is 3.96. The summed E-state index contributed by atoms with van der Waals surface area (Å²) in [4.78, 5) is 17.5. The van der Waals surface area contributed by atoms with Crippen LogP contribution in [0.15, 0.2) is 47.2 Å². The molecule has 94 valence electrons. The van der Waals surface area contributed by atoms with Gasteiger partial charge in [0, 0.05) is 13.2 Å². The zero-order chi connectivity index (χ0) is 12.8. The third-order valence-corrected chi connectivity index (χ3v) is 2.47. The second-order valence-electron chi connectivity index (χ2n) is 3.92. The van der Waals surface area contributed by atoms with Crippen LogP contribution in [0.2, 0.25) is 0 Å². The van der Waals surface area contributed by atoms with Crippen molar-refractivity contribution in [1.29, 1.82) is 0 Å². The number of carbonyl (C=O) groups excluding carboxylic acids is 1. The summed E-state index contributed by atoms with van der Waals surface area (Å²) in [6.07, 6.45) is 3.29. The van der Waals surface area contributed by atoms with Crippen molar-refractivity contribution in [2.24, 2.45) is 0 Å². The van der Waals surface area contributed by atoms with E-state index in [4.69, 9.17) is 4.42 Å². The van der Waals surface area contributed by atoms with Gasteiger partial charge in [0.2, 0.25) is 0 Å². The van der Waals surface area contributed by atoms with Crippen LogP contribution in [0.3, 0.4) is 0 Å². The molecule has 0 atom stereocenters. The maximum atomic E-state index is 11.8. The molecule has 0 radical (unpaired) electrons. The molecule has 5 nitrogen and oxygen atoms in total. The topological polar surface area (TPSA) is 58.4 Å². The van der Waals surface area contributed by atoms with Gasteiger partial charge in [0.05, 0.1) is 25.0 Å². The molecule has 0 unspecified atom stereocenters. The molecule has 0 aliphatic rings. The van der Waals surface area contributed by atoms with Crippen LogP contribution in [0, 0.1) is 0 Å². The number of nitrogens with one attached hydrogen (secondary N) is 1. The summed E-state index contributed by atoms with van der Waals surface area (Å²) in [6, 6.07) is 9.08. The normalized spacial score (nSPS) is 10.1. The SMILES string of the molecule is CN(Cc1ccco1)C(=O)NCc1ccccn1. The van der Waals surface area contributed by atoms with Crippen LogP contribution in [0.25, 0.3) is 0 Å². The summed E-state index contributed by atoms with van der Waals surface area (Å²) in [5, 5.41) is 2.79. The first-order valence-electron chi connectivity index (χ1n) is 5.67. The molecule has 0 bridgehead atoms. The quantitative estimate of drug-likeness (QED) is 0.896. The zero-order valence-corrected chi connectivity index (χ0v) is 10.2. The Morgan fingerprint density at radius 3 is 2.94 bits per heavy atom. The highest BCUT2D eigenvalue weighted by molar-refractivity contribution is 5.73. The van der Waals surface area contributed by atoms with E-state index in [1.807, 2.05) is 24.3 Å². The van der Waals surface area contributed by atoms with E-state index in [1.54, 1.807) is 30.5 Å². The molecular weight excluding hydrogens is 230 g/mol. The number of amides is 2. The fourth-order valence-electron chi connectivity index (χ4n) is 1.51. The molecule has 1 N–H and O–H groups in total. The lowest BCUT2D eigenvalue weighted by molar-refractivity contribution is 0.202. The first-order valence-corrected chi connectivity index (χ1v) is 5.67. The van der Waals surface area contributed by atoms with E-state index in [-0.39, 0.29) is 6.03 Å². The lowest BCUT2D eigenvalue weighted by atomic mass is 10.3. The van der Waals surface area contributed by atoms with E-state index in [9.17, 15) is 4.79 Å². The lowest BCUT2D eigenvalue weighted by Gasteiger charge is -2.16. The summed E-state index contributed by atoms with van der Waals surface area (Å²) < 4.78 is 5.18. The van der Waals surface area contributed by atoms with Gasteiger partial charge in [0.1, 0.15) is 5.76 Å². The molecule has 2 aromatic rings. The van der Waals surface area contributed by atoms with Crippen molar-refractivity contribution in [3.63, 3.8) is 0 Å². The predicted octanol–water partition coefficient (Wildman–Crippen LogP) is 2.02. The molecule has 0 saturated carbocycles. The number of hydrogen-bond donors (Lipinski definition) is 1. The number of urea groups is 1. The van der Waals surface area contributed by atoms with Gasteiger partial charge in [-0.1, -0.05) is 6.07 Å². The van der Waals surface area contributed by atoms with E-state index in [2.05, 4.69) is 10.3 Å². The highest BCUT2D eigenvalue weighted by Crippen LogP contribution is 2.03. The predicted molar refractivity (Wildman–Crippen MR) is 66.6 cm³/mol. The smallest absolute Gasteiger partial charge is 0.317 e. The molecular formula is C13H15N3O2. The molecule has 0 saturated heterocycles. The summed E-state index contributed by atoms with van der Waals surface area (Å²) in [6.45, 7) is 0.864. The monoisotopic (exact) mass is 245 g/mol. The largest absolute Gasteiger partial charge is 0.467 e. The fraction of sp³-hybridized carbons (Fsp3) is 0.231. The fourth-order valence-corrected chi connectivity index (χ4v) is 1.51. The minimum atomic E-state index is -0.156. The van der Waals surface area contributed by atoms with Crippen LogP contribution in [0.5, 0.6) is 0 Å². The van der Waals surface area contributed by atoms with Crippen molar-refractivity contribution in [3.8, 4) is 0 Å². The van der Waals surface area contributed by atoms with Crippen molar-refractivity contribution in [1.82, 2.24) is 15.2 Å². The first kappa shape index (κ1) is 12.2. The van der Waals surface area contributed by atoms with Gasteiger partial charge in [-0.15, -0.1) is 0 Å². The van der Waals surface area contributed by atoms with Crippen molar-refractivity contribution < 1.29 is 9.21 Å². The Hall–Kier alpha value is -2.30. The van der Waals surface area contributed by atoms with Gasteiger partial charge in [-0.3, -0.25) is 4.98 Å². The second-order valence-corrected chi connectivity index (χ2v) is 3.92. The lowest BCUT2D eigenvalue weighted by Crippen LogP contribution is -2.36. The van der Waals surface area contributed by atoms with Crippen molar-refractivity contribution in [3.05, 3.63) is 54.2 Å². The molecule has 0 spiro atoms. The van der Waals surface area contributed by atoms with Gasteiger partial charge in [-0.05, 0) is 24.3 Å². The Morgan fingerprint density at radius 2 is 2.28 bits per heavy atom. The average molecular weight is 245 g/mol. The highest BCUT2D eigenvalue weighted by atomic mass is 16.3. The minimum absolute atomic E-state index is 0.156. The average Bonchev–Trinajstić information content (AvgIpc) is 2.90. The highest BCUT2D eigenvalue weighted by Gasteiger charge is 2.09. The van der Waals surface area contributed by atoms with Crippen LogP contribution < -0.4 is 5.32 Å². The molecule has 2 rings (SSSR count). The first-order chi connectivity index (χ1) is 8.75. The number of rotatable bonds is 4. The number of furan rings is 1. The van der Waals surface area contributed by atoms with Gasteiger partial charge in [-0.25, -0.2) is 4.79 Å². The van der Waals surface area contributed by atoms with Crippen molar-refractivity contribution in [2.45, 2.75) is 13.1 Å². The third kappa shape index (κ3) is 3.35. The molecule has 2 amide bonds. The standard InChI is InChI=1S/C13H15N3O2/c1-16(10-12-6-4-8-18-12)13(17)15-9-11-5-2-3-7-14-11/h2-8H,9-10H2,1H3,(H,15,17). The molecule has 18 heavy (non-hydrogen) atoms. The Balaban J connectivity index is 1.81. The van der Waals surface area contributed by atoms with Gasteiger partial charge in [0.25, 0.3) is 0 Å². The Labute approximate surface area is 105 Å². The summed E-state index contributed by atoms with van der Waals surface area (Å²) in [7, 11) is 1.72. The Morgan fingerprint density at radius 1 is 1.39 bits per heavy atom. The molecule has 2 heterocycles. The maximum Gasteiger partial charge on any atom is 0.317 e. The van der Waals surface area contributed by atoms with E-state index in [1.165, 1.54) is 0 Å².